The van der Waals surface area contributed by atoms with Gasteiger partial charge in [-0.25, -0.2) is 4.98 Å². The third-order valence-corrected chi connectivity index (χ3v) is 5.66. The molecule has 0 aliphatic carbocycles. The number of thiophene rings is 1. The second kappa shape index (κ2) is 8.03. The van der Waals surface area contributed by atoms with Crippen LogP contribution in [0, 0.1) is 0 Å². The molecule has 3 rings (SSSR count). The molecule has 3 heterocycles. The van der Waals surface area contributed by atoms with Crippen molar-refractivity contribution >= 4 is 29.0 Å². The van der Waals surface area contributed by atoms with Gasteiger partial charge in [0.25, 0.3) is 0 Å². The fraction of sp³-hybridized carbons (Fsp3) is 0.526. The summed E-state index contributed by atoms with van der Waals surface area (Å²) in [5, 5.41) is 5.80. The quantitative estimate of drug-likeness (QED) is 0.840. The van der Waals surface area contributed by atoms with Gasteiger partial charge in [0.1, 0.15) is 5.82 Å². The van der Waals surface area contributed by atoms with E-state index in [1.807, 2.05) is 23.9 Å². The number of hydrogen-bond acceptors (Lipinski definition) is 6. The first kappa shape index (κ1) is 18.6. The number of carbonyl (C=O) groups excluding carboxylic acids is 1. The molecule has 0 saturated carbocycles. The highest BCUT2D eigenvalue weighted by Crippen LogP contribution is 2.31. The van der Waals surface area contributed by atoms with Crippen molar-refractivity contribution in [2.75, 3.05) is 30.9 Å². The van der Waals surface area contributed by atoms with Crippen molar-refractivity contribution in [2.24, 2.45) is 0 Å². The molecular formula is C19H27N5OS. The van der Waals surface area contributed by atoms with Crippen LogP contribution in [0.2, 0.25) is 0 Å². The third kappa shape index (κ3) is 3.98. The molecule has 1 atom stereocenters. The molecule has 1 aliphatic heterocycles. The van der Waals surface area contributed by atoms with Gasteiger partial charge in [0, 0.05) is 38.0 Å². The minimum absolute atomic E-state index is 0.0950. The summed E-state index contributed by atoms with van der Waals surface area (Å²) < 4.78 is 0. The first-order valence-electron chi connectivity index (χ1n) is 9.12. The number of nitrogens with one attached hydrogen (secondary N) is 1. The molecule has 2 aromatic rings. The first-order valence-corrected chi connectivity index (χ1v) is 10.00. The monoisotopic (exact) mass is 373 g/mol. The predicted octanol–water partition coefficient (Wildman–Crippen LogP) is 3.46. The lowest BCUT2D eigenvalue weighted by atomic mass is 10.0. The van der Waals surface area contributed by atoms with Crippen LogP contribution in [-0.2, 0) is 17.8 Å². The average Bonchev–Trinajstić information content (AvgIpc) is 3.15. The minimum atomic E-state index is 0.0950. The van der Waals surface area contributed by atoms with Crippen LogP contribution in [0.25, 0.3) is 0 Å². The molecule has 6 nitrogen and oxygen atoms in total. The molecule has 1 unspecified atom stereocenters. The summed E-state index contributed by atoms with van der Waals surface area (Å²) in [5.41, 5.74) is 2.10. The van der Waals surface area contributed by atoms with Gasteiger partial charge in [-0.2, -0.15) is 4.98 Å². The SMILES string of the molecule is CCCC(Nc1nc(N(C)C)nc2c1CCN(C(C)=O)C2)c1cccs1. The van der Waals surface area contributed by atoms with Crippen molar-refractivity contribution in [1.82, 2.24) is 14.9 Å². The lowest BCUT2D eigenvalue weighted by molar-refractivity contribution is -0.129. The Morgan fingerprint density at radius 3 is 2.85 bits per heavy atom. The highest BCUT2D eigenvalue weighted by Gasteiger charge is 2.25. The third-order valence-electron chi connectivity index (χ3n) is 4.67. The van der Waals surface area contributed by atoms with Crippen molar-refractivity contribution in [2.45, 2.75) is 45.7 Å². The second-order valence-corrected chi connectivity index (χ2v) is 7.86. The molecule has 0 bridgehead atoms. The Hall–Kier alpha value is -2.15. The van der Waals surface area contributed by atoms with Gasteiger partial charge in [-0.1, -0.05) is 19.4 Å². The fourth-order valence-corrected chi connectivity index (χ4v) is 4.05. The Kier molecular flexibility index (Phi) is 5.76. The van der Waals surface area contributed by atoms with Crippen molar-refractivity contribution in [3.05, 3.63) is 33.6 Å². The van der Waals surface area contributed by atoms with E-state index in [4.69, 9.17) is 9.97 Å². The van der Waals surface area contributed by atoms with E-state index in [9.17, 15) is 4.79 Å². The Morgan fingerprint density at radius 2 is 2.23 bits per heavy atom. The van der Waals surface area contributed by atoms with E-state index in [0.717, 1.165) is 42.9 Å². The second-order valence-electron chi connectivity index (χ2n) is 6.88. The summed E-state index contributed by atoms with van der Waals surface area (Å²) in [6, 6.07) is 4.52. The Morgan fingerprint density at radius 1 is 1.42 bits per heavy atom. The molecule has 1 N–H and O–H groups in total. The van der Waals surface area contributed by atoms with E-state index in [-0.39, 0.29) is 11.9 Å². The van der Waals surface area contributed by atoms with Gasteiger partial charge in [0.15, 0.2) is 0 Å². The predicted molar refractivity (Wildman–Crippen MR) is 107 cm³/mol. The molecule has 0 spiro atoms. The van der Waals surface area contributed by atoms with Crippen LogP contribution in [0.15, 0.2) is 17.5 Å². The van der Waals surface area contributed by atoms with Gasteiger partial charge in [-0.3, -0.25) is 4.79 Å². The van der Waals surface area contributed by atoms with Crippen molar-refractivity contribution in [3.8, 4) is 0 Å². The number of anilines is 2. The molecule has 2 aromatic heterocycles. The molecule has 0 fully saturated rings. The Labute approximate surface area is 159 Å². The summed E-state index contributed by atoms with van der Waals surface area (Å²) in [5.74, 6) is 1.68. The number of hydrogen-bond donors (Lipinski definition) is 1. The topological polar surface area (TPSA) is 61.4 Å². The number of amides is 1. The molecule has 1 amide bonds. The molecule has 0 saturated heterocycles. The zero-order chi connectivity index (χ0) is 18.7. The summed E-state index contributed by atoms with van der Waals surface area (Å²) in [7, 11) is 3.89. The molecule has 140 valence electrons. The van der Waals surface area contributed by atoms with Gasteiger partial charge in [-0.05, 0) is 24.3 Å². The molecule has 0 radical (unpaired) electrons. The number of carbonyl (C=O) groups is 1. The minimum Gasteiger partial charge on any atom is -0.362 e. The van der Waals surface area contributed by atoms with Crippen LogP contribution in [0.1, 0.15) is 48.9 Å². The molecule has 26 heavy (non-hydrogen) atoms. The van der Waals surface area contributed by atoms with E-state index in [2.05, 4.69) is 29.8 Å². The number of rotatable bonds is 6. The van der Waals surface area contributed by atoms with Crippen LogP contribution >= 0.6 is 11.3 Å². The van der Waals surface area contributed by atoms with Crippen LogP contribution < -0.4 is 10.2 Å². The van der Waals surface area contributed by atoms with Crippen LogP contribution in [-0.4, -0.2) is 41.4 Å². The van der Waals surface area contributed by atoms with Gasteiger partial charge in [0.05, 0.1) is 18.3 Å². The lowest BCUT2D eigenvalue weighted by Gasteiger charge is -2.30. The first-order chi connectivity index (χ1) is 12.5. The largest absolute Gasteiger partial charge is 0.362 e. The smallest absolute Gasteiger partial charge is 0.227 e. The Bertz CT molecular complexity index is 760. The zero-order valence-corrected chi connectivity index (χ0v) is 16.8. The maximum Gasteiger partial charge on any atom is 0.227 e. The summed E-state index contributed by atoms with van der Waals surface area (Å²) in [4.78, 5) is 26.4. The molecular weight excluding hydrogens is 346 g/mol. The van der Waals surface area contributed by atoms with Crippen LogP contribution in [0.4, 0.5) is 11.8 Å². The van der Waals surface area contributed by atoms with Gasteiger partial charge in [0.2, 0.25) is 11.9 Å². The molecule has 1 aliphatic rings. The zero-order valence-electron chi connectivity index (χ0n) is 16.0. The molecule has 0 aromatic carbocycles. The van der Waals surface area contributed by atoms with Crippen LogP contribution in [0.3, 0.4) is 0 Å². The highest BCUT2D eigenvalue weighted by molar-refractivity contribution is 7.10. The average molecular weight is 374 g/mol. The lowest BCUT2D eigenvalue weighted by Crippen LogP contribution is -2.36. The van der Waals surface area contributed by atoms with E-state index in [1.54, 1.807) is 18.3 Å². The summed E-state index contributed by atoms with van der Waals surface area (Å²) in [6.45, 7) is 5.10. The normalized spacial score (nSPS) is 14.7. The molecule has 7 heteroatoms. The van der Waals surface area contributed by atoms with Gasteiger partial charge in [-0.15, -0.1) is 11.3 Å². The standard InChI is InChI=1S/C19H27N5OS/c1-5-7-15(17-8-6-11-26-17)20-18-14-9-10-24(13(2)25)12-16(14)21-19(22-18)23(3)4/h6,8,11,15H,5,7,9-10,12H2,1-4H3,(H,20,21,22). The van der Waals surface area contributed by atoms with E-state index in [1.165, 1.54) is 4.88 Å². The van der Waals surface area contributed by atoms with Gasteiger partial charge < -0.3 is 15.1 Å². The van der Waals surface area contributed by atoms with Crippen LogP contribution in [0.5, 0.6) is 0 Å². The summed E-state index contributed by atoms with van der Waals surface area (Å²) in [6.07, 6.45) is 2.94. The summed E-state index contributed by atoms with van der Waals surface area (Å²) >= 11 is 1.77. The highest BCUT2D eigenvalue weighted by atomic mass is 32.1. The maximum atomic E-state index is 11.8. The number of fused-ring (bicyclic) bond motifs is 1. The van der Waals surface area contributed by atoms with E-state index >= 15 is 0 Å². The number of nitrogens with zero attached hydrogens (tertiary/aromatic N) is 4. The Balaban J connectivity index is 1.96. The van der Waals surface area contributed by atoms with Crippen molar-refractivity contribution in [3.63, 3.8) is 0 Å². The maximum absolute atomic E-state index is 11.8. The fourth-order valence-electron chi connectivity index (χ4n) is 3.23. The van der Waals surface area contributed by atoms with E-state index in [0.29, 0.717) is 12.5 Å². The van der Waals surface area contributed by atoms with Crippen molar-refractivity contribution in [1.29, 1.82) is 0 Å². The van der Waals surface area contributed by atoms with Crippen molar-refractivity contribution < 1.29 is 4.79 Å². The van der Waals surface area contributed by atoms with Gasteiger partial charge >= 0.3 is 0 Å². The number of aromatic nitrogens is 2. The van der Waals surface area contributed by atoms with E-state index < -0.39 is 0 Å².